The van der Waals surface area contributed by atoms with Gasteiger partial charge in [-0.15, -0.1) is 0 Å². The van der Waals surface area contributed by atoms with E-state index < -0.39 is 16.0 Å². The first-order valence-electron chi connectivity index (χ1n) is 10.5. The van der Waals surface area contributed by atoms with Crippen molar-refractivity contribution in [2.75, 3.05) is 27.9 Å². The Morgan fingerprint density at radius 1 is 1.06 bits per heavy atom. The fraction of sp³-hybridized carbons (Fsp3) is 0.375. The molecule has 0 aromatic heterocycles. The summed E-state index contributed by atoms with van der Waals surface area (Å²) in [6, 6.07) is 12.1. The molecule has 3 rings (SSSR count). The van der Waals surface area contributed by atoms with E-state index in [1.54, 1.807) is 49.6 Å². The molecule has 2 atom stereocenters. The predicted molar refractivity (Wildman–Crippen MR) is 123 cm³/mol. The van der Waals surface area contributed by atoms with Gasteiger partial charge in [-0.05, 0) is 49.2 Å². The minimum Gasteiger partial charge on any atom is -0.493 e. The van der Waals surface area contributed by atoms with Crippen molar-refractivity contribution in [2.24, 2.45) is 0 Å². The van der Waals surface area contributed by atoms with Gasteiger partial charge in [-0.25, -0.2) is 13.2 Å². The van der Waals surface area contributed by atoms with Gasteiger partial charge in [0, 0.05) is 19.2 Å². The number of methoxy groups -OCH3 is 3. The highest BCUT2D eigenvalue weighted by atomic mass is 32.2. The van der Waals surface area contributed by atoms with E-state index >= 15 is 0 Å². The van der Waals surface area contributed by atoms with Crippen LogP contribution in [0.3, 0.4) is 0 Å². The largest absolute Gasteiger partial charge is 0.493 e. The van der Waals surface area contributed by atoms with E-state index in [1.165, 1.54) is 24.6 Å². The highest BCUT2D eigenvalue weighted by Gasteiger charge is 2.37. The highest BCUT2D eigenvalue weighted by molar-refractivity contribution is 7.89. The minimum atomic E-state index is -3.75. The molecular formula is C24H29NO7S. The second kappa shape index (κ2) is 10.8. The number of carbonyl (C=O) groups is 1. The summed E-state index contributed by atoms with van der Waals surface area (Å²) in [4.78, 5) is 11.5. The Hall–Kier alpha value is -2.88. The van der Waals surface area contributed by atoms with Crippen LogP contribution in [0.2, 0.25) is 0 Å². The molecule has 0 aliphatic carbocycles. The molecule has 1 aliphatic heterocycles. The van der Waals surface area contributed by atoms with E-state index in [-0.39, 0.29) is 30.2 Å². The number of hydrogen-bond acceptors (Lipinski definition) is 7. The number of ether oxygens (including phenoxy) is 4. The van der Waals surface area contributed by atoms with E-state index in [4.69, 9.17) is 14.2 Å². The van der Waals surface area contributed by atoms with Crippen molar-refractivity contribution in [1.29, 1.82) is 0 Å². The Balaban J connectivity index is 1.79. The zero-order chi connectivity index (χ0) is 24.0. The second-order valence-electron chi connectivity index (χ2n) is 7.65. The Morgan fingerprint density at radius 2 is 1.76 bits per heavy atom. The molecular weight excluding hydrogens is 446 g/mol. The fourth-order valence-electron chi connectivity index (χ4n) is 3.40. The molecule has 1 aliphatic rings. The topological polar surface area (TPSA) is 94.7 Å². The van der Waals surface area contributed by atoms with Crippen LogP contribution in [0.4, 0.5) is 0 Å². The molecule has 0 amide bonds. The molecule has 8 nitrogen and oxygen atoms in total. The first kappa shape index (κ1) is 24.8. The summed E-state index contributed by atoms with van der Waals surface area (Å²) in [6.07, 6.45) is 3.04. The van der Waals surface area contributed by atoms with E-state index in [2.05, 4.69) is 4.74 Å². The monoisotopic (exact) mass is 475 g/mol. The van der Waals surface area contributed by atoms with Gasteiger partial charge in [0.25, 0.3) is 0 Å². The van der Waals surface area contributed by atoms with Crippen molar-refractivity contribution in [3.63, 3.8) is 0 Å². The van der Waals surface area contributed by atoms with Gasteiger partial charge in [0.15, 0.2) is 11.5 Å². The van der Waals surface area contributed by atoms with Crippen LogP contribution in [0.15, 0.2) is 59.5 Å². The number of benzene rings is 2. The number of sulfonamides is 1. The maximum absolute atomic E-state index is 13.4. The number of carbonyl (C=O) groups excluding carboxylic acids is 1. The van der Waals surface area contributed by atoms with Gasteiger partial charge in [-0.3, -0.25) is 0 Å². The van der Waals surface area contributed by atoms with Gasteiger partial charge >= 0.3 is 5.97 Å². The Morgan fingerprint density at radius 3 is 2.39 bits per heavy atom. The fourth-order valence-corrected chi connectivity index (χ4v) is 4.84. The van der Waals surface area contributed by atoms with Crippen molar-refractivity contribution < 1.29 is 32.2 Å². The number of esters is 1. The van der Waals surface area contributed by atoms with Crippen LogP contribution in [0, 0.1) is 6.92 Å². The average Bonchev–Trinajstić information content (AvgIpc) is 3.58. The maximum Gasteiger partial charge on any atom is 0.330 e. The lowest BCUT2D eigenvalue weighted by Gasteiger charge is -2.23. The van der Waals surface area contributed by atoms with Crippen LogP contribution in [-0.2, 0) is 30.8 Å². The summed E-state index contributed by atoms with van der Waals surface area (Å²) in [6.45, 7) is 2.31. The number of epoxide rings is 1. The molecule has 0 unspecified atom stereocenters. The summed E-state index contributed by atoms with van der Waals surface area (Å²) in [7, 11) is 0.637. The van der Waals surface area contributed by atoms with Crippen LogP contribution in [0.1, 0.15) is 17.5 Å². The molecule has 0 bridgehead atoms. The summed E-state index contributed by atoms with van der Waals surface area (Å²) < 4.78 is 49.1. The first-order chi connectivity index (χ1) is 15.8. The van der Waals surface area contributed by atoms with Crippen LogP contribution in [0.5, 0.6) is 11.5 Å². The Bertz CT molecular complexity index is 1100. The lowest BCUT2D eigenvalue weighted by molar-refractivity contribution is -0.134. The van der Waals surface area contributed by atoms with Crippen LogP contribution in [-0.4, -0.2) is 58.8 Å². The van der Waals surface area contributed by atoms with Crippen molar-refractivity contribution in [3.05, 3.63) is 65.7 Å². The van der Waals surface area contributed by atoms with Crippen LogP contribution >= 0.6 is 0 Å². The second-order valence-corrected chi connectivity index (χ2v) is 9.59. The van der Waals surface area contributed by atoms with Crippen molar-refractivity contribution >= 4 is 16.0 Å². The highest BCUT2D eigenvalue weighted by Crippen LogP contribution is 2.31. The lowest BCUT2D eigenvalue weighted by atomic mass is 10.2. The molecule has 33 heavy (non-hydrogen) atoms. The Kier molecular flexibility index (Phi) is 8.12. The van der Waals surface area contributed by atoms with Gasteiger partial charge in [-0.2, -0.15) is 4.31 Å². The number of hydrogen-bond donors (Lipinski definition) is 0. The molecule has 0 spiro atoms. The van der Waals surface area contributed by atoms with Crippen molar-refractivity contribution in [2.45, 2.75) is 37.0 Å². The minimum absolute atomic E-state index is 0.159. The van der Waals surface area contributed by atoms with Gasteiger partial charge in [0.05, 0.1) is 32.3 Å². The quantitative estimate of drug-likeness (QED) is 0.280. The molecule has 0 saturated carbocycles. The molecule has 178 valence electrons. The molecule has 0 radical (unpaired) electrons. The summed E-state index contributed by atoms with van der Waals surface area (Å²) in [5.41, 5.74) is 1.74. The van der Waals surface area contributed by atoms with E-state index in [9.17, 15) is 13.2 Å². The number of rotatable bonds is 11. The lowest BCUT2D eigenvalue weighted by Crippen LogP contribution is -2.32. The maximum atomic E-state index is 13.4. The van der Waals surface area contributed by atoms with Gasteiger partial charge < -0.3 is 18.9 Å². The van der Waals surface area contributed by atoms with Crippen molar-refractivity contribution in [3.8, 4) is 11.5 Å². The molecule has 2 aromatic carbocycles. The first-order valence-corrected chi connectivity index (χ1v) is 11.9. The summed E-state index contributed by atoms with van der Waals surface area (Å²) in [5.74, 6) is 0.642. The molecule has 9 heteroatoms. The van der Waals surface area contributed by atoms with E-state index in [0.29, 0.717) is 17.9 Å². The molecule has 1 saturated heterocycles. The Labute approximate surface area is 194 Å². The molecule has 1 heterocycles. The van der Waals surface area contributed by atoms with Gasteiger partial charge in [-0.1, -0.05) is 23.8 Å². The third-order valence-electron chi connectivity index (χ3n) is 5.37. The van der Waals surface area contributed by atoms with Crippen LogP contribution < -0.4 is 9.47 Å². The molecule has 2 aromatic rings. The normalized spacial score (nSPS) is 17.8. The third-order valence-corrected chi connectivity index (χ3v) is 7.23. The zero-order valence-electron chi connectivity index (χ0n) is 19.2. The molecule has 1 fully saturated rings. The van der Waals surface area contributed by atoms with Crippen molar-refractivity contribution in [1.82, 2.24) is 4.31 Å². The SMILES string of the molecule is COC(=O)/C=C/[C@@H]1O[C@H]1CCN(Cc1ccc(OC)c(OC)c1)S(=O)(=O)c1ccc(C)cc1. The van der Waals surface area contributed by atoms with Gasteiger partial charge in [0.1, 0.15) is 6.10 Å². The summed E-state index contributed by atoms with van der Waals surface area (Å²) in [5, 5.41) is 0. The number of aryl methyl sites for hydroxylation is 1. The van der Waals surface area contributed by atoms with E-state index in [0.717, 1.165) is 11.1 Å². The third kappa shape index (κ3) is 6.34. The van der Waals surface area contributed by atoms with E-state index in [1.807, 2.05) is 13.0 Å². The average molecular weight is 476 g/mol. The summed E-state index contributed by atoms with van der Waals surface area (Å²) >= 11 is 0. The van der Waals surface area contributed by atoms with Gasteiger partial charge in [0.2, 0.25) is 10.0 Å². The smallest absolute Gasteiger partial charge is 0.330 e. The standard InChI is InChI=1S/C24H29NO7S/c1-17-5-8-19(9-6-17)33(27,28)25(14-13-22-21(32-22)11-12-24(26)31-4)16-18-7-10-20(29-2)23(15-18)30-3/h5-12,15,21-22H,13-14,16H2,1-4H3/b12-11+/t21-,22-/m0/s1. The predicted octanol–water partition coefficient (Wildman–Crippen LogP) is 3.09. The number of nitrogens with zero attached hydrogens (tertiary/aromatic N) is 1. The van der Waals surface area contributed by atoms with Crippen LogP contribution in [0.25, 0.3) is 0 Å². The zero-order valence-corrected chi connectivity index (χ0v) is 20.0. The molecule has 0 N–H and O–H groups in total.